The van der Waals surface area contributed by atoms with Crippen LogP contribution in [0.25, 0.3) is 66.1 Å². The van der Waals surface area contributed by atoms with Gasteiger partial charge in [0.25, 0.3) is 0 Å². The van der Waals surface area contributed by atoms with E-state index in [0.29, 0.717) is 0 Å². The fourth-order valence-electron chi connectivity index (χ4n) is 11.6. The summed E-state index contributed by atoms with van der Waals surface area (Å²) < 4.78 is 0. The van der Waals surface area contributed by atoms with Gasteiger partial charge in [-0.05, 0) is 173 Å². The van der Waals surface area contributed by atoms with Crippen molar-refractivity contribution < 1.29 is 0 Å². The number of hydrogen-bond donors (Lipinski definition) is 0. The molecule has 0 bridgehead atoms. The highest BCUT2D eigenvalue weighted by Crippen LogP contribution is 2.54. The number of aromatic nitrogens is 4. The number of pyridine rings is 4. The summed E-state index contributed by atoms with van der Waals surface area (Å²) >= 11 is 0. The molecule has 0 unspecified atom stereocenters. The first kappa shape index (κ1) is 41.4. The summed E-state index contributed by atoms with van der Waals surface area (Å²) in [7, 11) is 0. The lowest BCUT2D eigenvalue weighted by atomic mass is 9.79. The number of nitrogens with zero attached hydrogens (tertiary/aromatic N) is 6. The molecule has 2 aliphatic rings. The molecule has 6 heteroatoms. The molecule has 0 amide bonds. The average molecular weight is 901 g/mol. The zero-order valence-electron chi connectivity index (χ0n) is 39.5. The summed E-state index contributed by atoms with van der Waals surface area (Å²) in [6.45, 7) is 9.46. The van der Waals surface area contributed by atoms with Crippen LogP contribution in [0.3, 0.4) is 0 Å². The van der Waals surface area contributed by atoms with Crippen LogP contribution in [-0.2, 0) is 10.8 Å². The lowest BCUT2D eigenvalue weighted by Gasteiger charge is -2.28. The molecule has 0 spiro atoms. The molecule has 2 aliphatic carbocycles. The second kappa shape index (κ2) is 15.9. The molecule has 334 valence electrons. The first-order chi connectivity index (χ1) is 34.3. The quantitative estimate of drug-likeness (QED) is 0.142. The van der Waals surface area contributed by atoms with Crippen LogP contribution in [0, 0.1) is 0 Å². The van der Waals surface area contributed by atoms with E-state index in [4.69, 9.17) is 9.97 Å². The van der Waals surface area contributed by atoms with E-state index in [2.05, 4.69) is 181 Å². The zero-order valence-corrected chi connectivity index (χ0v) is 39.5. The van der Waals surface area contributed by atoms with Gasteiger partial charge in [0.2, 0.25) is 0 Å². The van der Waals surface area contributed by atoms with Crippen LogP contribution in [0.15, 0.2) is 219 Å². The Labute approximate surface area is 408 Å². The fraction of sp³-hybridized carbons (Fsp3) is 0.0938. The van der Waals surface area contributed by atoms with Gasteiger partial charge in [-0.2, -0.15) is 0 Å². The van der Waals surface area contributed by atoms with E-state index >= 15 is 0 Å². The zero-order chi connectivity index (χ0) is 47.1. The van der Waals surface area contributed by atoms with Crippen LogP contribution in [-0.4, -0.2) is 19.9 Å². The molecule has 0 aliphatic heterocycles. The molecule has 0 saturated heterocycles. The Hall–Kier alpha value is -8.74. The Kier molecular flexibility index (Phi) is 9.43. The number of benzene rings is 7. The Balaban J connectivity index is 1.15. The second-order valence-corrected chi connectivity index (χ2v) is 19.5. The number of hydrogen-bond acceptors (Lipinski definition) is 6. The molecular formula is C64H48N6. The molecule has 4 heterocycles. The van der Waals surface area contributed by atoms with Crippen LogP contribution >= 0.6 is 0 Å². The molecule has 70 heavy (non-hydrogen) atoms. The smallest absolute Gasteiger partial charge is 0.137 e. The largest absolute Gasteiger partial charge is 0.295 e. The summed E-state index contributed by atoms with van der Waals surface area (Å²) in [6, 6.07) is 66.4. The monoisotopic (exact) mass is 900 g/mol. The predicted octanol–water partition coefficient (Wildman–Crippen LogP) is 16.5. The summed E-state index contributed by atoms with van der Waals surface area (Å²) in [5.41, 5.74) is 18.8. The number of fused-ring (bicyclic) bond motifs is 8. The summed E-state index contributed by atoms with van der Waals surface area (Å²) in [5.74, 6) is 1.65. The molecule has 11 aromatic rings. The van der Waals surface area contributed by atoms with Gasteiger partial charge in [-0.3, -0.25) is 19.8 Å². The molecule has 0 atom stereocenters. The van der Waals surface area contributed by atoms with E-state index in [0.717, 1.165) is 55.9 Å². The maximum Gasteiger partial charge on any atom is 0.137 e. The van der Waals surface area contributed by atoms with Crippen molar-refractivity contribution in [1.29, 1.82) is 0 Å². The van der Waals surface area contributed by atoms with Crippen LogP contribution < -0.4 is 9.80 Å². The van der Waals surface area contributed by atoms with E-state index in [-0.39, 0.29) is 10.8 Å². The van der Waals surface area contributed by atoms with Crippen LogP contribution in [0.4, 0.5) is 34.4 Å². The van der Waals surface area contributed by atoms with Gasteiger partial charge in [-0.15, -0.1) is 0 Å². The average Bonchev–Trinajstić information content (AvgIpc) is 3.78. The Bertz CT molecular complexity index is 3500. The molecule has 6 nitrogen and oxygen atoms in total. The van der Waals surface area contributed by atoms with E-state index in [9.17, 15) is 0 Å². The lowest BCUT2D eigenvalue weighted by Crippen LogP contribution is -2.15. The van der Waals surface area contributed by atoms with Gasteiger partial charge in [-0.25, -0.2) is 9.97 Å². The van der Waals surface area contributed by atoms with Gasteiger partial charge < -0.3 is 0 Å². The molecule has 0 N–H and O–H groups in total. The van der Waals surface area contributed by atoms with Crippen LogP contribution in [0.5, 0.6) is 0 Å². The van der Waals surface area contributed by atoms with Gasteiger partial charge in [-0.1, -0.05) is 125 Å². The SMILES string of the molecule is CC1(C)c2ccccc2-c2ccc(-c3c4ccc(N(c5ccncc5)c5ccccn5)cc4c(-c4ccc5c(c4)C(C)(C)c4ccccc4-5)c4ccc(N(c5ccncc5)c5ccccn5)cc34)cc21. The summed E-state index contributed by atoms with van der Waals surface area (Å²) in [6.07, 6.45) is 11.1. The van der Waals surface area contributed by atoms with Crippen molar-refractivity contribution in [2.24, 2.45) is 0 Å². The van der Waals surface area contributed by atoms with Gasteiger partial charge in [0.05, 0.1) is 11.4 Å². The summed E-state index contributed by atoms with van der Waals surface area (Å²) in [5, 5.41) is 4.61. The number of anilines is 6. The normalized spacial score (nSPS) is 13.7. The third-order valence-electron chi connectivity index (χ3n) is 14.9. The van der Waals surface area contributed by atoms with E-state index in [1.165, 1.54) is 66.8 Å². The Morgan fingerprint density at radius 2 is 0.714 bits per heavy atom. The molecule has 0 fully saturated rings. The minimum atomic E-state index is -0.189. The highest BCUT2D eigenvalue weighted by atomic mass is 15.2. The van der Waals surface area contributed by atoms with Gasteiger partial charge in [0, 0.05) is 59.4 Å². The van der Waals surface area contributed by atoms with Gasteiger partial charge in [0.1, 0.15) is 11.6 Å². The maximum absolute atomic E-state index is 4.91. The third-order valence-corrected chi connectivity index (χ3v) is 14.9. The maximum atomic E-state index is 4.91. The van der Waals surface area contributed by atoms with Crippen molar-refractivity contribution >= 4 is 55.9 Å². The molecule has 7 aromatic carbocycles. The van der Waals surface area contributed by atoms with Crippen LogP contribution in [0.2, 0.25) is 0 Å². The van der Waals surface area contributed by atoms with Crippen molar-refractivity contribution in [3.63, 3.8) is 0 Å². The number of rotatable bonds is 8. The minimum Gasteiger partial charge on any atom is -0.295 e. The van der Waals surface area contributed by atoms with E-state index in [1.807, 2.05) is 85.7 Å². The summed E-state index contributed by atoms with van der Waals surface area (Å²) in [4.78, 5) is 23.1. The van der Waals surface area contributed by atoms with Crippen LogP contribution in [0.1, 0.15) is 49.9 Å². The Morgan fingerprint density at radius 3 is 1.13 bits per heavy atom. The molecular weight excluding hydrogens is 853 g/mol. The van der Waals surface area contributed by atoms with Gasteiger partial charge in [0.15, 0.2) is 0 Å². The minimum absolute atomic E-state index is 0.189. The first-order valence-electron chi connectivity index (χ1n) is 24.0. The van der Waals surface area contributed by atoms with E-state index < -0.39 is 0 Å². The third kappa shape index (κ3) is 6.40. The lowest BCUT2D eigenvalue weighted by molar-refractivity contribution is 0.660. The van der Waals surface area contributed by atoms with Crippen molar-refractivity contribution in [3.05, 3.63) is 241 Å². The molecule has 13 rings (SSSR count). The van der Waals surface area contributed by atoms with Crippen molar-refractivity contribution in [3.8, 4) is 44.5 Å². The highest BCUT2D eigenvalue weighted by molar-refractivity contribution is 6.23. The fourth-order valence-corrected chi connectivity index (χ4v) is 11.6. The topological polar surface area (TPSA) is 58.0 Å². The molecule has 4 aromatic heterocycles. The molecule has 0 saturated carbocycles. The van der Waals surface area contributed by atoms with Crippen molar-refractivity contribution in [2.75, 3.05) is 9.80 Å². The van der Waals surface area contributed by atoms with E-state index in [1.54, 1.807) is 0 Å². The van der Waals surface area contributed by atoms with Gasteiger partial charge >= 0.3 is 0 Å². The predicted molar refractivity (Wildman–Crippen MR) is 288 cm³/mol. The van der Waals surface area contributed by atoms with Crippen molar-refractivity contribution in [1.82, 2.24) is 19.9 Å². The first-order valence-corrected chi connectivity index (χ1v) is 24.0. The van der Waals surface area contributed by atoms with Crippen molar-refractivity contribution in [2.45, 2.75) is 38.5 Å². The molecule has 0 radical (unpaired) electrons. The highest BCUT2D eigenvalue weighted by Gasteiger charge is 2.37. The standard InChI is InChI=1S/C64H48N6/c1-63(2)55-15-7-5-13-47(55)49-23-19-41(37-57(49)63)61-51-25-21-46(70(44-29-35-66-36-30-44)60-18-10-12-32-68-60)40-54(51)62(42-20-24-50-48-14-6-8-16-56(48)64(3,4)58(50)38-42)52-26-22-45(39-53(52)61)69(43-27-33-65-34-28-43)59-17-9-11-31-67-59/h5-40H,1-4H3. The second-order valence-electron chi connectivity index (χ2n) is 19.5. The Morgan fingerprint density at radius 1 is 0.314 bits per heavy atom.